The van der Waals surface area contributed by atoms with Crippen molar-refractivity contribution >= 4 is 17.2 Å². The first-order chi connectivity index (χ1) is 8.20. The largest absolute Gasteiger partial charge is 0.392 e. The molecule has 1 unspecified atom stereocenters. The second-order valence-corrected chi connectivity index (χ2v) is 5.17. The highest BCUT2D eigenvalue weighted by Gasteiger charge is 2.26. The van der Waals surface area contributed by atoms with Crippen molar-refractivity contribution in [3.8, 4) is 0 Å². The van der Waals surface area contributed by atoms with Crippen LogP contribution in [0.3, 0.4) is 0 Å². The zero-order chi connectivity index (χ0) is 12.3. The number of likely N-dealkylation sites (tertiary alicyclic amines) is 1. The summed E-state index contributed by atoms with van der Waals surface area (Å²) in [4.78, 5) is 3.04. The lowest BCUT2D eigenvalue weighted by Crippen LogP contribution is -2.38. The molecule has 1 fully saturated rings. The first-order valence-corrected chi connectivity index (χ1v) is 6.72. The van der Waals surface area contributed by atoms with Crippen LogP contribution in [0.5, 0.6) is 0 Å². The van der Waals surface area contributed by atoms with Gasteiger partial charge in [-0.05, 0) is 36.9 Å². The monoisotopic (exact) mass is 248 g/mol. The summed E-state index contributed by atoms with van der Waals surface area (Å²) < 4.78 is 0. The molecule has 0 radical (unpaired) electrons. The summed E-state index contributed by atoms with van der Waals surface area (Å²) in [5.41, 5.74) is 8.52. The fourth-order valence-corrected chi connectivity index (χ4v) is 2.72. The van der Waals surface area contributed by atoms with Gasteiger partial charge in [-0.2, -0.15) is 0 Å². The molecule has 2 N–H and O–H groups in total. The maximum Gasteiger partial charge on any atom is 0.0902 e. The van der Waals surface area contributed by atoms with E-state index in [1.165, 1.54) is 17.5 Å². The molecule has 1 aromatic rings. The maximum absolute atomic E-state index is 5.78. The van der Waals surface area contributed by atoms with Crippen molar-refractivity contribution in [3.05, 3.63) is 35.4 Å². The van der Waals surface area contributed by atoms with Crippen LogP contribution in [0.25, 0.3) is 0 Å². The van der Waals surface area contributed by atoms with Crippen LogP contribution in [0.1, 0.15) is 30.9 Å². The molecule has 2 rings (SSSR count). The van der Waals surface area contributed by atoms with E-state index in [1.54, 1.807) is 0 Å². The van der Waals surface area contributed by atoms with Gasteiger partial charge < -0.3 is 5.73 Å². The van der Waals surface area contributed by atoms with Gasteiger partial charge in [0.1, 0.15) is 0 Å². The molecule has 1 aromatic carbocycles. The Morgan fingerprint density at radius 3 is 2.59 bits per heavy atom. The molecule has 3 heteroatoms. The molecule has 1 atom stereocenters. The van der Waals surface area contributed by atoms with Gasteiger partial charge in [0.15, 0.2) is 0 Å². The second kappa shape index (κ2) is 5.61. The molecule has 1 heterocycles. The number of aryl methyl sites for hydroxylation is 1. The van der Waals surface area contributed by atoms with Crippen molar-refractivity contribution in [1.29, 1.82) is 0 Å². The first kappa shape index (κ1) is 12.5. The molecule has 0 spiro atoms. The molecule has 0 saturated carbocycles. The Bertz CT molecular complexity index is 386. The summed E-state index contributed by atoms with van der Waals surface area (Å²) in [6.45, 7) is 4.25. The summed E-state index contributed by atoms with van der Waals surface area (Å²) in [7, 11) is 0. The summed E-state index contributed by atoms with van der Waals surface area (Å²) in [6, 6.07) is 9.15. The van der Waals surface area contributed by atoms with Crippen molar-refractivity contribution in [2.24, 2.45) is 5.73 Å². The minimum Gasteiger partial charge on any atom is -0.392 e. The van der Waals surface area contributed by atoms with E-state index in [9.17, 15) is 0 Å². The topological polar surface area (TPSA) is 29.3 Å². The summed E-state index contributed by atoms with van der Waals surface area (Å²) in [5.74, 6) is 0. The molecule has 0 bridgehead atoms. The molecule has 0 amide bonds. The van der Waals surface area contributed by atoms with Gasteiger partial charge in [-0.15, -0.1) is 0 Å². The van der Waals surface area contributed by atoms with Crippen molar-refractivity contribution in [2.75, 3.05) is 6.54 Å². The number of nitrogens with zero attached hydrogens (tertiary/aromatic N) is 1. The maximum atomic E-state index is 5.78. The van der Waals surface area contributed by atoms with E-state index in [0.717, 1.165) is 25.9 Å². The highest BCUT2D eigenvalue weighted by Crippen LogP contribution is 2.20. The second-order valence-electron chi connectivity index (χ2n) is 4.70. The van der Waals surface area contributed by atoms with Gasteiger partial charge in [-0.1, -0.05) is 43.4 Å². The number of thiocarbonyl (C=S) groups is 1. The smallest absolute Gasteiger partial charge is 0.0902 e. The molecule has 0 aromatic heterocycles. The van der Waals surface area contributed by atoms with Gasteiger partial charge in [0.2, 0.25) is 0 Å². The number of benzene rings is 1. The van der Waals surface area contributed by atoms with Crippen molar-refractivity contribution in [3.63, 3.8) is 0 Å². The third-order valence-electron chi connectivity index (χ3n) is 3.51. The molecule has 2 nitrogen and oxygen atoms in total. The standard InChI is InChI=1S/C14H20N2S/c1-2-11-5-7-12(8-6-11)10-16-9-3-4-13(16)14(15)17/h5-8,13H,2-4,9-10H2,1H3,(H2,15,17). The SMILES string of the molecule is CCc1ccc(CN2CCCC2C(N)=S)cc1. The van der Waals surface area contributed by atoms with Crippen LogP contribution in [-0.2, 0) is 13.0 Å². The molecule has 1 saturated heterocycles. The summed E-state index contributed by atoms with van der Waals surface area (Å²) >= 11 is 5.12. The number of hydrogen-bond acceptors (Lipinski definition) is 2. The van der Waals surface area contributed by atoms with E-state index in [0.29, 0.717) is 11.0 Å². The van der Waals surface area contributed by atoms with Crippen LogP contribution in [0.4, 0.5) is 0 Å². The lowest BCUT2D eigenvalue weighted by molar-refractivity contribution is 0.295. The Hall–Kier alpha value is -0.930. The van der Waals surface area contributed by atoms with E-state index in [2.05, 4.69) is 36.1 Å². The average Bonchev–Trinajstić information content (AvgIpc) is 2.78. The lowest BCUT2D eigenvalue weighted by Gasteiger charge is -2.23. The molecule has 17 heavy (non-hydrogen) atoms. The van der Waals surface area contributed by atoms with Crippen LogP contribution in [0.15, 0.2) is 24.3 Å². The summed E-state index contributed by atoms with van der Waals surface area (Å²) in [5, 5.41) is 0. The van der Waals surface area contributed by atoms with E-state index >= 15 is 0 Å². The lowest BCUT2D eigenvalue weighted by atomic mass is 10.1. The molecule has 92 valence electrons. The minimum absolute atomic E-state index is 0.302. The Morgan fingerprint density at radius 2 is 2.00 bits per heavy atom. The van der Waals surface area contributed by atoms with Crippen molar-refractivity contribution in [2.45, 2.75) is 38.8 Å². The van der Waals surface area contributed by atoms with Crippen LogP contribution < -0.4 is 5.73 Å². The van der Waals surface area contributed by atoms with Crippen LogP contribution >= 0.6 is 12.2 Å². The average molecular weight is 248 g/mol. The van der Waals surface area contributed by atoms with Crippen LogP contribution in [0.2, 0.25) is 0 Å². The number of nitrogens with two attached hydrogens (primary N) is 1. The van der Waals surface area contributed by atoms with Gasteiger partial charge in [0.05, 0.1) is 11.0 Å². The first-order valence-electron chi connectivity index (χ1n) is 6.32. The summed E-state index contributed by atoms with van der Waals surface area (Å²) in [6.07, 6.45) is 3.41. The predicted molar refractivity (Wildman–Crippen MR) is 76.0 cm³/mol. The molecule has 1 aliphatic heterocycles. The Balaban J connectivity index is 2.02. The van der Waals surface area contributed by atoms with Gasteiger partial charge in [0.25, 0.3) is 0 Å². The minimum atomic E-state index is 0.302. The van der Waals surface area contributed by atoms with Gasteiger partial charge in [0, 0.05) is 6.54 Å². The van der Waals surface area contributed by atoms with Crippen molar-refractivity contribution < 1.29 is 0 Å². The Kier molecular flexibility index (Phi) is 4.13. The Morgan fingerprint density at radius 1 is 1.35 bits per heavy atom. The number of hydrogen-bond donors (Lipinski definition) is 1. The fraction of sp³-hybridized carbons (Fsp3) is 0.500. The number of rotatable bonds is 4. The molecule has 1 aliphatic rings. The van der Waals surface area contributed by atoms with E-state index < -0.39 is 0 Å². The molecule has 0 aliphatic carbocycles. The van der Waals surface area contributed by atoms with Crippen LogP contribution in [0, 0.1) is 0 Å². The zero-order valence-electron chi connectivity index (χ0n) is 10.4. The van der Waals surface area contributed by atoms with Gasteiger partial charge in [-0.25, -0.2) is 0 Å². The van der Waals surface area contributed by atoms with Gasteiger partial charge in [-0.3, -0.25) is 4.90 Å². The van der Waals surface area contributed by atoms with E-state index in [4.69, 9.17) is 18.0 Å². The molecular formula is C14H20N2S. The molecular weight excluding hydrogens is 228 g/mol. The highest BCUT2D eigenvalue weighted by molar-refractivity contribution is 7.80. The third-order valence-corrected chi connectivity index (χ3v) is 3.78. The quantitative estimate of drug-likeness (QED) is 0.830. The van der Waals surface area contributed by atoms with Crippen molar-refractivity contribution in [1.82, 2.24) is 4.90 Å². The Labute approximate surface area is 109 Å². The highest BCUT2D eigenvalue weighted by atomic mass is 32.1. The van der Waals surface area contributed by atoms with E-state index in [-0.39, 0.29) is 0 Å². The third kappa shape index (κ3) is 3.05. The van der Waals surface area contributed by atoms with Crippen LogP contribution in [-0.4, -0.2) is 22.5 Å². The fourth-order valence-electron chi connectivity index (χ4n) is 2.45. The zero-order valence-corrected chi connectivity index (χ0v) is 11.2. The van der Waals surface area contributed by atoms with Gasteiger partial charge >= 0.3 is 0 Å². The van der Waals surface area contributed by atoms with E-state index in [1.807, 2.05) is 0 Å². The normalized spacial score (nSPS) is 20.6. The predicted octanol–water partition coefficient (Wildman–Crippen LogP) is 2.50.